The molecule has 2 heterocycles. The summed E-state index contributed by atoms with van der Waals surface area (Å²) in [7, 11) is 0. The van der Waals surface area contributed by atoms with Gasteiger partial charge >= 0.3 is 0 Å². The summed E-state index contributed by atoms with van der Waals surface area (Å²) in [6.07, 6.45) is 1.60. The number of thiazole rings is 1. The highest BCUT2D eigenvalue weighted by Crippen LogP contribution is 2.40. The summed E-state index contributed by atoms with van der Waals surface area (Å²) in [6, 6.07) is 30.6. The Bertz CT molecular complexity index is 1800. The third-order valence-corrected chi connectivity index (χ3v) is 10.4. The molecule has 3 atom stereocenters. The van der Waals surface area contributed by atoms with Gasteiger partial charge in [-0.1, -0.05) is 72.4 Å². The zero-order valence-electron chi connectivity index (χ0n) is 26.3. The van der Waals surface area contributed by atoms with Crippen LogP contribution in [0.25, 0.3) is 10.2 Å². The van der Waals surface area contributed by atoms with Crippen LogP contribution in [-0.2, 0) is 25.7 Å². The van der Waals surface area contributed by atoms with Gasteiger partial charge in [-0.3, -0.25) is 9.59 Å². The maximum Gasteiger partial charge on any atom is 0.224 e. The Morgan fingerprint density at radius 3 is 2.27 bits per heavy atom. The van der Waals surface area contributed by atoms with E-state index in [0.717, 1.165) is 37.0 Å². The monoisotopic (exact) mass is 682 g/mol. The topological polar surface area (TPSA) is 136 Å². The fraction of sp³-hybridized carbons (Fsp3) is 0.270. The van der Waals surface area contributed by atoms with E-state index in [9.17, 15) is 14.7 Å². The number of nitrogens with two attached hydrogens (primary N) is 1. The molecule has 4 aromatic carbocycles. The number of hydrogen-bond donors (Lipinski definition) is 4. The van der Waals surface area contributed by atoms with Crippen molar-refractivity contribution in [1.29, 1.82) is 0 Å². The number of anilines is 3. The molecule has 9 nitrogen and oxygen atoms in total. The number of hydrogen-bond acceptors (Lipinski definition) is 9. The average Bonchev–Trinajstić information content (AvgIpc) is 3.54. The minimum atomic E-state index is -0.593. The van der Waals surface area contributed by atoms with Crippen LogP contribution >= 0.6 is 23.1 Å². The molecule has 5 aromatic rings. The molecule has 0 radical (unpaired) electrons. The van der Waals surface area contributed by atoms with E-state index in [2.05, 4.69) is 16.7 Å². The lowest BCUT2D eigenvalue weighted by atomic mass is 10.0. The first-order valence-corrected chi connectivity index (χ1v) is 17.8. The first-order chi connectivity index (χ1) is 23.4. The van der Waals surface area contributed by atoms with Crippen LogP contribution in [0.3, 0.4) is 0 Å². The predicted octanol–water partition coefficient (Wildman–Crippen LogP) is 7.85. The standard InChI is InChI=1S/C37H38N4O5S2/c38-29-7-1-2-8-30(29)40-35(44)12-6-5-11-34(43)39-27-19-17-26(18-20-27)36-45-28(21-32(46-36)25-15-13-24(22-42)14-16-25)23-47-37-41-31-9-3-4-10-33(31)48-37/h1-4,7-10,13-20,28,32,36,42H,5-6,11-12,21-23,38H2,(H,39,43)(H,40,44)/t28-,32+,36+/m0/s1. The Balaban J connectivity index is 1.03. The fourth-order valence-electron chi connectivity index (χ4n) is 5.44. The second-order valence-corrected chi connectivity index (χ2v) is 13.9. The van der Waals surface area contributed by atoms with Crippen LogP contribution in [0.5, 0.6) is 0 Å². The molecule has 1 aliphatic heterocycles. The van der Waals surface area contributed by atoms with E-state index in [1.807, 2.05) is 78.9 Å². The molecule has 5 N–H and O–H groups in total. The molecular formula is C37H38N4O5S2. The van der Waals surface area contributed by atoms with Gasteiger partial charge in [0.1, 0.15) is 0 Å². The summed E-state index contributed by atoms with van der Waals surface area (Å²) in [4.78, 5) is 29.6. The number of aliphatic hydroxyl groups is 1. The van der Waals surface area contributed by atoms with E-state index in [4.69, 9.17) is 20.2 Å². The van der Waals surface area contributed by atoms with Crippen molar-refractivity contribution < 1.29 is 24.2 Å². The van der Waals surface area contributed by atoms with Gasteiger partial charge in [-0.05, 0) is 60.4 Å². The first kappa shape index (κ1) is 33.6. The van der Waals surface area contributed by atoms with Gasteiger partial charge in [0, 0.05) is 36.3 Å². The van der Waals surface area contributed by atoms with Gasteiger partial charge in [0.05, 0.1) is 40.4 Å². The summed E-state index contributed by atoms with van der Waals surface area (Å²) < 4.78 is 15.1. The van der Waals surface area contributed by atoms with Crippen molar-refractivity contribution in [3.63, 3.8) is 0 Å². The van der Waals surface area contributed by atoms with E-state index in [1.165, 1.54) is 0 Å². The van der Waals surface area contributed by atoms with Gasteiger partial charge in [0.2, 0.25) is 11.8 Å². The number of aliphatic hydroxyl groups excluding tert-OH is 1. The number of unbranched alkanes of at least 4 members (excludes halogenated alkanes) is 1. The molecule has 2 amide bonds. The molecule has 11 heteroatoms. The number of ether oxygens (including phenoxy) is 2. The molecule has 0 bridgehead atoms. The summed E-state index contributed by atoms with van der Waals surface area (Å²) in [5.74, 6) is 0.484. The normalized spacial score (nSPS) is 17.6. The van der Waals surface area contributed by atoms with Crippen LogP contribution in [0.15, 0.2) is 101 Å². The number of benzene rings is 4. The van der Waals surface area contributed by atoms with Gasteiger partial charge in [0.15, 0.2) is 10.6 Å². The van der Waals surface area contributed by atoms with Crippen molar-refractivity contribution in [3.05, 3.63) is 114 Å². The maximum atomic E-state index is 12.6. The average molecular weight is 683 g/mol. The predicted molar refractivity (Wildman–Crippen MR) is 192 cm³/mol. The number of para-hydroxylation sites is 3. The largest absolute Gasteiger partial charge is 0.397 e. The van der Waals surface area contributed by atoms with Gasteiger partial charge < -0.3 is 30.9 Å². The Morgan fingerprint density at radius 1 is 0.854 bits per heavy atom. The molecular weight excluding hydrogens is 645 g/mol. The number of thioether (sulfide) groups is 1. The third-order valence-electron chi connectivity index (χ3n) is 8.04. The van der Waals surface area contributed by atoms with Crippen molar-refractivity contribution in [1.82, 2.24) is 4.98 Å². The molecule has 6 rings (SSSR count). The SMILES string of the molecule is Nc1ccccc1NC(=O)CCCCC(=O)Nc1ccc([C@@H]2O[C@H](CSc3nc4ccccc4s3)C[C@H](c3ccc(CO)cc3)O2)cc1. The van der Waals surface area contributed by atoms with Crippen molar-refractivity contribution in [2.75, 3.05) is 22.1 Å². The first-order valence-electron chi connectivity index (χ1n) is 16.0. The number of rotatable bonds is 13. The molecule has 0 unspecified atom stereocenters. The Kier molecular flexibility index (Phi) is 11.4. The van der Waals surface area contributed by atoms with Crippen molar-refractivity contribution in [2.24, 2.45) is 0 Å². The van der Waals surface area contributed by atoms with Crippen molar-refractivity contribution >= 4 is 62.2 Å². The molecule has 0 saturated carbocycles. The number of carbonyl (C=O) groups excluding carboxylic acids is 2. The summed E-state index contributed by atoms with van der Waals surface area (Å²) in [5, 5.41) is 15.3. The Hall–Kier alpha value is -4.26. The quantitative estimate of drug-likeness (QED) is 0.0560. The molecule has 1 aliphatic rings. The molecule has 1 aromatic heterocycles. The van der Waals surface area contributed by atoms with E-state index >= 15 is 0 Å². The smallest absolute Gasteiger partial charge is 0.224 e. The van der Waals surface area contributed by atoms with Crippen molar-refractivity contribution in [2.45, 2.75) is 61.5 Å². The highest BCUT2D eigenvalue weighted by Gasteiger charge is 2.32. The minimum absolute atomic E-state index is 0.0102. The van der Waals surface area contributed by atoms with Crippen LogP contribution in [0.1, 0.15) is 61.2 Å². The molecule has 48 heavy (non-hydrogen) atoms. The number of amides is 2. The lowest BCUT2D eigenvalue weighted by Gasteiger charge is -2.36. The molecule has 1 saturated heterocycles. The lowest BCUT2D eigenvalue weighted by molar-refractivity contribution is -0.245. The molecule has 0 aliphatic carbocycles. The van der Waals surface area contributed by atoms with Crippen LogP contribution in [0.4, 0.5) is 17.1 Å². The summed E-state index contributed by atoms with van der Waals surface area (Å²) >= 11 is 3.38. The van der Waals surface area contributed by atoms with Crippen LogP contribution < -0.4 is 16.4 Å². The summed E-state index contributed by atoms with van der Waals surface area (Å²) in [6.45, 7) is -0.0102. The van der Waals surface area contributed by atoms with Gasteiger partial charge in [-0.15, -0.1) is 11.3 Å². The van der Waals surface area contributed by atoms with E-state index < -0.39 is 6.29 Å². The van der Waals surface area contributed by atoms with Gasteiger partial charge in [0.25, 0.3) is 0 Å². The zero-order chi connectivity index (χ0) is 33.3. The zero-order valence-corrected chi connectivity index (χ0v) is 28.0. The number of fused-ring (bicyclic) bond motifs is 1. The number of aromatic nitrogens is 1. The minimum Gasteiger partial charge on any atom is -0.397 e. The fourth-order valence-corrected chi connectivity index (χ4v) is 7.55. The van der Waals surface area contributed by atoms with Crippen LogP contribution in [-0.4, -0.2) is 33.8 Å². The number of nitrogens with zero attached hydrogens (tertiary/aromatic N) is 1. The number of carbonyl (C=O) groups is 2. The summed E-state index contributed by atoms with van der Waals surface area (Å²) in [5.41, 5.74) is 11.4. The van der Waals surface area contributed by atoms with Crippen molar-refractivity contribution in [3.8, 4) is 0 Å². The highest BCUT2D eigenvalue weighted by molar-refractivity contribution is 8.01. The van der Waals surface area contributed by atoms with E-state index in [-0.39, 0.29) is 30.6 Å². The second kappa shape index (κ2) is 16.2. The van der Waals surface area contributed by atoms with Gasteiger partial charge in [-0.25, -0.2) is 4.98 Å². The maximum absolute atomic E-state index is 12.6. The van der Waals surface area contributed by atoms with E-state index in [1.54, 1.807) is 35.2 Å². The van der Waals surface area contributed by atoms with E-state index in [0.29, 0.717) is 49.2 Å². The molecule has 1 fully saturated rings. The lowest BCUT2D eigenvalue weighted by Crippen LogP contribution is -2.31. The van der Waals surface area contributed by atoms with Crippen LogP contribution in [0, 0.1) is 0 Å². The highest BCUT2D eigenvalue weighted by atomic mass is 32.2. The third kappa shape index (κ3) is 9.00. The number of nitrogens with one attached hydrogen (secondary N) is 2. The molecule has 0 spiro atoms. The Morgan fingerprint density at radius 2 is 1.54 bits per heavy atom. The number of nitrogen functional groups attached to an aromatic ring is 1. The molecule has 248 valence electrons. The van der Waals surface area contributed by atoms with Crippen LogP contribution in [0.2, 0.25) is 0 Å². The second-order valence-electron chi connectivity index (χ2n) is 11.6. The van der Waals surface area contributed by atoms with Gasteiger partial charge in [-0.2, -0.15) is 0 Å². The Labute approximate surface area is 287 Å².